The van der Waals surface area contributed by atoms with E-state index in [9.17, 15) is 0 Å². The summed E-state index contributed by atoms with van der Waals surface area (Å²) in [5, 5.41) is 8.80. The number of hydrogen-bond acceptors (Lipinski definition) is 4. The van der Waals surface area contributed by atoms with Crippen LogP contribution in [0.25, 0.3) is 0 Å². The van der Waals surface area contributed by atoms with Crippen LogP contribution in [0.3, 0.4) is 0 Å². The quantitative estimate of drug-likeness (QED) is 0.814. The molecule has 0 unspecified atom stereocenters. The van der Waals surface area contributed by atoms with Crippen LogP contribution >= 0.6 is 15.9 Å². The van der Waals surface area contributed by atoms with Crippen LogP contribution < -0.4 is 4.90 Å². The van der Waals surface area contributed by atoms with Crippen molar-refractivity contribution >= 4 is 27.4 Å². The van der Waals surface area contributed by atoms with Gasteiger partial charge in [0.15, 0.2) is 0 Å². The van der Waals surface area contributed by atoms with E-state index in [2.05, 4.69) is 32.0 Å². The Labute approximate surface area is 120 Å². The minimum Gasteiger partial charge on any atom is -0.329 e. The van der Waals surface area contributed by atoms with E-state index in [4.69, 9.17) is 5.26 Å². The number of aromatic nitrogens is 2. The molecule has 19 heavy (non-hydrogen) atoms. The molecule has 5 heteroatoms. The number of nitrogens with zero attached hydrogens (tertiary/aromatic N) is 4. The Hall–Kier alpha value is -1.93. The Morgan fingerprint density at radius 2 is 1.95 bits per heavy atom. The lowest BCUT2D eigenvalue weighted by atomic mass is 10.2. The van der Waals surface area contributed by atoms with Crippen LogP contribution in [0.5, 0.6) is 0 Å². The minimum atomic E-state index is 0.648. The molecule has 0 saturated carbocycles. The van der Waals surface area contributed by atoms with Crippen molar-refractivity contribution in [3.8, 4) is 6.07 Å². The first-order valence-corrected chi connectivity index (χ1v) is 6.70. The summed E-state index contributed by atoms with van der Waals surface area (Å²) in [6, 6.07) is 11.4. The summed E-state index contributed by atoms with van der Waals surface area (Å²) in [5.74, 6) is 1.62. The van der Waals surface area contributed by atoms with Crippen LogP contribution in [0.1, 0.15) is 18.3 Å². The molecule has 0 radical (unpaired) electrons. The highest BCUT2D eigenvalue weighted by Crippen LogP contribution is 2.24. The lowest BCUT2D eigenvalue weighted by Crippen LogP contribution is -2.12. The molecule has 1 heterocycles. The molecule has 0 bridgehead atoms. The molecule has 0 spiro atoms. The third kappa shape index (κ3) is 3.09. The van der Waals surface area contributed by atoms with E-state index >= 15 is 0 Å². The second kappa shape index (κ2) is 5.81. The van der Waals surface area contributed by atoms with E-state index in [0.29, 0.717) is 5.56 Å². The van der Waals surface area contributed by atoms with E-state index in [-0.39, 0.29) is 0 Å². The molecule has 0 fully saturated rings. The molecule has 1 aromatic carbocycles. The molecule has 0 atom stereocenters. The first kappa shape index (κ1) is 13.5. The topological polar surface area (TPSA) is 52.8 Å². The average molecular weight is 317 g/mol. The standard InChI is InChI=1S/C14H13BrN4/c1-3-13-17-12(15)8-14(18-13)19(2)11-6-4-10(9-16)5-7-11/h4-8H,3H2,1-2H3. The van der Waals surface area contributed by atoms with Gasteiger partial charge in [0.1, 0.15) is 16.2 Å². The number of aryl methyl sites for hydroxylation is 1. The summed E-state index contributed by atoms with van der Waals surface area (Å²) in [4.78, 5) is 10.7. The fourth-order valence-corrected chi connectivity index (χ4v) is 2.08. The van der Waals surface area contributed by atoms with Crippen molar-refractivity contribution < 1.29 is 0 Å². The zero-order valence-corrected chi connectivity index (χ0v) is 12.3. The summed E-state index contributed by atoms with van der Waals surface area (Å²) >= 11 is 3.40. The highest BCUT2D eigenvalue weighted by Gasteiger charge is 2.08. The molecule has 4 nitrogen and oxygen atoms in total. The Kier molecular flexibility index (Phi) is 4.13. The molecule has 96 valence electrons. The summed E-state index contributed by atoms with van der Waals surface area (Å²) in [6.07, 6.45) is 0.785. The average Bonchev–Trinajstić information content (AvgIpc) is 2.46. The number of anilines is 2. The van der Waals surface area contributed by atoms with Gasteiger partial charge in [-0.15, -0.1) is 0 Å². The summed E-state index contributed by atoms with van der Waals surface area (Å²) in [6.45, 7) is 2.02. The lowest BCUT2D eigenvalue weighted by molar-refractivity contribution is 0.915. The van der Waals surface area contributed by atoms with Crippen molar-refractivity contribution in [2.75, 3.05) is 11.9 Å². The zero-order chi connectivity index (χ0) is 13.8. The molecule has 2 rings (SSSR count). The lowest BCUT2D eigenvalue weighted by Gasteiger charge is -2.19. The molecule has 1 aromatic heterocycles. The molecule has 0 amide bonds. The maximum Gasteiger partial charge on any atom is 0.137 e. The van der Waals surface area contributed by atoms with Crippen LogP contribution in [0, 0.1) is 11.3 Å². The fourth-order valence-electron chi connectivity index (χ4n) is 1.67. The van der Waals surface area contributed by atoms with Gasteiger partial charge in [-0.2, -0.15) is 5.26 Å². The van der Waals surface area contributed by atoms with Crippen LogP contribution in [0.4, 0.5) is 11.5 Å². The van der Waals surface area contributed by atoms with Gasteiger partial charge in [0.2, 0.25) is 0 Å². The van der Waals surface area contributed by atoms with Crippen molar-refractivity contribution in [3.05, 3.63) is 46.3 Å². The molecular weight excluding hydrogens is 304 g/mol. The Bertz CT molecular complexity index is 616. The second-order valence-electron chi connectivity index (χ2n) is 4.04. The number of nitriles is 1. The molecule has 0 saturated heterocycles. The van der Waals surface area contributed by atoms with Crippen molar-refractivity contribution in [2.24, 2.45) is 0 Å². The first-order valence-electron chi connectivity index (χ1n) is 5.91. The highest BCUT2D eigenvalue weighted by atomic mass is 79.9. The van der Waals surface area contributed by atoms with Gasteiger partial charge in [-0.05, 0) is 40.2 Å². The maximum absolute atomic E-state index is 8.80. The van der Waals surface area contributed by atoms with Gasteiger partial charge in [-0.3, -0.25) is 0 Å². The Balaban J connectivity index is 2.35. The van der Waals surface area contributed by atoms with Gasteiger partial charge >= 0.3 is 0 Å². The first-order chi connectivity index (χ1) is 9.13. The van der Waals surface area contributed by atoms with E-state index in [1.165, 1.54) is 0 Å². The van der Waals surface area contributed by atoms with Gasteiger partial charge in [-0.25, -0.2) is 9.97 Å². The van der Waals surface area contributed by atoms with E-state index < -0.39 is 0 Å². The fraction of sp³-hybridized carbons (Fsp3) is 0.214. The van der Waals surface area contributed by atoms with Crippen LogP contribution in [-0.4, -0.2) is 17.0 Å². The predicted molar refractivity (Wildman–Crippen MR) is 78.3 cm³/mol. The van der Waals surface area contributed by atoms with Crippen molar-refractivity contribution in [2.45, 2.75) is 13.3 Å². The highest BCUT2D eigenvalue weighted by molar-refractivity contribution is 9.10. The van der Waals surface area contributed by atoms with Gasteiger partial charge in [-0.1, -0.05) is 6.92 Å². The van der Waals surface area contributed by atoms with Gasteiger partial charge < -0.3 is 4.90 Å². The molecule has 0 aliphatic carbocycles. The van der Waals surface area contributed by atoms with Crippen molar-refractivity contribution in [1.82, 2.24) is 9.97 Å². The second-order valence-corrected chi connectivity index (χ2v) is 4.85. The normalized spacial score (nSPS) is 10.0. The van der Waals surface area contributed by atoms with E-state index in [1.807, 2.05) is 37.1 Å². The van der Waals surface area contributed by atoms with Gasteiger partial charge in [0.05, 0.1) is 11.6 Å². The number of benzene rings is 1. The molecule has 0 aliphatic rings. The monoisotopic (exact) mass is 316 g/mol. The smallest absolute Gasteiger partial charge is 0.137 e. The summed E-state index contributed by atoms with van der Waals surface area (Å²) in [7, 11) is 1.94. The Morgan fingerprint density at radius 3 is 2.53 bits per heavy atom. The van der Waals surface area contributed by atoms with Crippen LogP contribution in [0.2, 0.25) is 0 Å². The summed E-state index contributed by atoms with van der Waals surface area (Å²) in [5.41, 5.74) is 1.63. The van der Waals surface area contributed by atoms with Crippen LogP contribution in [-0.2, 0) is 6.42 Å². The largest absolute Gasteiger partial charge is 0.329 e. The third-order valence-electron chi connectivity index (χ3n) is 2.77. The Morgan fingerprint density at radius 1 is 1.26 bits per heavy atom. The number of hydrogen-bond donors (Lipinski definition) is 0. The molecule has 2 aromatic rings. The number of rotatable bonds is 3. The number of halogens is 1. The minimum absolute atomic E-state index is 0.648. The molecular formula is C14H13BrN4. The zero-order valence-electron chi connectivity index (χ0n) is 10.8. The maximum atomic E-state index is 8.80. The summed E-state index contributed by atoms with van der Waals surface area (Å²) < 4.78 is 0.773. The van der Waals surface area contributed by atoms with E-state index in [0.717, 1.165) is 28.4 Å². The van der Waals surface area contributed by atoms with Crippen molar-refractivity contribution in [3.63, 3.8) is 0 Å². The van der Waals surface area contributed by atoms with E-state index in [1.54, 1.807) is 12.1 Å². The van der Waals surface area contributed by atoms with Gasteiger partial charge in [0.25, 0.3) is 0 Å². The molecule has 0 N–H and O–H groups in total. The SMILES string of the molecule is CCc1nc(Br)cc(N(C)c2ccc(C#N)cc2)n1. The predicted octanol–water partition coefficient (Wildman–Crippen LogP) is 3.44. The third-order valence-corrected chi connectivity index (χ3v) is 3.18. The van der Waals surface area contributed by atoms with Crippen LogP contribution in [0.15, 0.2) is 34.9 Å². The van der Waals surface area contributed by atoms with Crippen molar-refractivity contribution in [1.29, 1.82) is 5.26 Å². The molecule has 0 aliphatic heterocycles. The van der Waals surface area contributed by atoms with Gasteiger partial charge in [0, 0.05) is 25.2 Å².